The van der Waals surface area contributed by atoms with Gasteiger partial charge in [0.25, 0.3) is 5.91 Å². The average Bonchev–Trinajstić information content (AvgIpc) is 2.19. The van der Waals surface area contributed by atoms with Crippen molar-refractivity contribution in [2.24, 2.45) is 5.84 Å². The highest BCUT2D eigenvalue weighted by Gasteiger charge is 2.20. The van der Waals surface area contributed by atoms with Crippen molar-refractivity contribution < 1.29 is 14.7 Å². The van der Waals surface area contributed by atoms with E-state index in [0.717, 1.165) is 0 Å². The highest BCUT2D eigenvalue weighted by molar-refractivity contribution is 6.06. The molecule has 0 aliphatic heterocycles. The second-order valence-corrected chi connectivity index (χ2v) is 3.23. The first-order valence-corrected chi connectivity index (χ1v) is 4.33. The van der Waals surface area contributed by atoms with Crippen LogP contribution in [0.15, 0.2) is 12.1 Å². The monoisotopic (exact) mass is 208 g/mol. The maximum absolute atomic E-state index is 11.4. The normalized spacial score (nSPS) is 9.80. The summed E-state index contributed by atoms with van der Waals surface area (Å²) in [7, 11) is 0. The van der Waals surface area contributed by atoms with Crippen LogP contribution in [-0.4, -0.2) is 17.0 Å². The molecule has 0 aromatic heterocycles. The van der Waals surface area contributed by atoms with Gasteiger partial charge in [0, 0.05) is 0 Å². The Balaban J connectivity index is 3.52. The summed E-state index contributed by atoms with van der Waals surface area (Å²) in [4.78, 5) is 22.4. The fourth-order valence-electron chi connectivity index (χ4n) is 1.45. The van der Waals surface area contributed by atoms with Crippen molar-refractivity contribution in [1.29, 1.82) is 0 Å². The lowest BCUT2D eigenvalue weighted by atomic mass is 9.97. The number of hydrogen-bond acceptors (Lipinski definition) is 3. The van der Waals surface area contributed by atoms with E-state index in [1.807, 2.05) is 5.43 Å². The van der Waals surface area contributed by atoms with Crippen LogP contribution in [0, 0.1) is 13.8 Å². The summed E-state index contributed by atoms with van der Waals surface area (Å²) in [5.41, 5.74) is 3.17. The topological polar surface area (TPSA) is 92.4 Å². The van der Waals surface area contributed by atoms with Crippen molar-refractivity contribution in [3.8, 4) is 0 Å². The summed E-state index contributed by atoms with van der Waals surface area (Å²) in [5, 5.41) is 8.99. The van der Waals surface area contributed by atoms with E-state index in [0.29, 0.717) is 11.1 Å². The van der Waals surface area contributed by atoms with Crippen molar-refractivity contribution in [2.45, 2.75) is 13.8 Å². The molecule has 1 aromatic carbocycles. The number of aromatic carboxylic acids is 1. The fourth-order valence-corrected chi connectivity index (χ4v) is 1.45. The van der Waals surface area contributed by atoms with E-state index in [-0.39, 0.29) is 11.1 Å². The van der Waals surface area contributed by atoms with Crippen LogP contribution >= 0.6 is 0 Å². The highest BCUT2D eigenvalue weighted by atomic mass is 16.4. The number of hydrazine groups is 1. The Morgan fingerprint density at radius 2 is 1.67 bits per heavy atom. The van der Waals surface area contributed by atoms with Crippen LogP contribution in [0.4, 0.5) is 0 Å². The van der Waals surface area contributed by atoms with E-state index in [4.69, 9.17) is 10.9 Å². The van der Waals surface area contributed by atoms with E-state index in [2.05, 4.69) is 0 Å². The van der Waals surface area contributed by atoms with Crippen LogP contribution in [0.25, 0.3) is 0 Å². The molecule has 0 atom stereocenters. The summed E-state index contributed by atoms with van der Waals surface area (Å²) in [6.45, 7) is 3.30. The van der Waals surface area contributed by atoms with Crippen molar-refractivity contribution in [1.82, 2.24) is 5.43 Å². The first kappa shape index (κ1) is 11.2. The van der Waals surface area contributed by atoms with Gasteiger partial charge in [-0.05, 0) is 25.0 Å². The van der Waals surface area contributed by atoms with Crippen LogP contribution in [0.3, 0.4) is 0 Å². The van der Waals surface area contributed by atoms with Crippen molar-refractivity contribution >= 4 is 11.9 Å². The molecule has 0 heterocycles. The van der Waals surface area contributed by atoms with Gasteiger partial charge in [-0.15, -0.1) is 0 Å². The molecule has 5 nitrogen and oxygen atoms in total. The first-order chi connectivity index (χ1) is 6.99. The minimum absolute atomic E-state index is 0.00190. The lowest BCUT2D eigenvalue weighted by molar-refractivity contribution is 0.0690. The summed E-state index contributed by atoms with van der Waals surface area (Å²) in [6, 6.07) is 3.35. The number of rotatable bonds is 2. The van der Waals surface area contributed by atoms with Gasteiger partial charge < -0.3 is 5.11 Å². The van der Waals surface area contributed by atoms with E-state index < -0.39 is 11.9 Å². The lowest BCUT2D eigenvalue weighted by Gasteiger charge is -2.10. The second kappa shape index (κ2) is 4.10. The van der Waals surface area contributed by atoms with Gasteiger partial charge in [0.15, 0.2) is 0 Å². The van der Waals surface area contributed by atoms with Crippen LogP contribution in [0.1, 0.15) is 31.8 Å². The van der Waals surface area contributed by atoms with Crippen LogP contribution in [0.5, 0.6) is 0 Å². The molecule has 0 unspecified atom stereocenters. The smallest absolute Gasteiger partial charge is 0.336 e. The number of nitrogen functional groups attached to an aromatic ring is 1. The quantitative estimate of drug-likeness (QED) is 0.377. The Morgan fingerprint density at radius 3 is 2.07 bits per heavy atom. The van der Waals surface area contributed by atoms with Crippen LogP contribution in [0.2, 0.25) is 0 Å². The minimum atomic E-state index is -1.13. The molecule has 0 spiro atoms. The summed E-state index contributed by atoms with van der Waals surface area (Å²) in [5.74, 6) is 3.28. The number of benzene rings is 1. The van der Waals surface area contributed by atoms with Gasteiger partial charge in [0.1, 0.15) is 0 Å². The highest BCUT2D eigenvalue weighted by Crippen LogP contribution is 2.18. The predicted molar refractivity (Wildman–Crippen MR) is 54.5 cm³/mol. The molecule has 0 radical (unpaired) electrons. The van der Waals surface area contributed by atoms with Gasteiger partial charge in [0.2, 0.25) is 0 Å². The zero-order chi connectivity index (χ0) is 11.6. The lowest BCUT2D eigenvalue weighted by Crippen LogP contribution is -2.32. The molecule has 80 valence electrons. The number of carbonyl (C=O) groups excluding carboxylic acids is 1. The van der Waals surface area contributed by atoms with E-state index in [9.17, 15) is 9.59 Å². The summed E-state index contributed by atoms with van der Waals surface area (Å²) < 4.78 is 0. The number of amides is 1. The van der Waals surface area contributed by atoms with E-state index in [1.54, 1.807) is 26.0 Å². The number of nitrogens with one attached hydrogen (secondary N) is 1. The number of aryl methyl sites for hydroxylation is 2. The predicted octanol–water partition coefficient (Wildman–Crippen LogP) is 0.605. The Morgan fingerprint density at radius 1 is 1.20 bits per heavy atom. The molecule has 0 fully saturated rings. The molecular weight excluding hydrogens is 196 g/mol. The molecule has 0 bridgehead atoms. The molecule has 0 aliphatic rings. The Bertz CT molecular complexity index is 427. The third-order valence-corrected chi connectivity index (χ3v) is 2.19. The third kappa shape index (κ3) is 1.97. The second-order valence-electron chi connectivity index (χ2n) is 3.23. The van der Waals surface area contributed by atoms with Gasteiger partial charge >= 0.3 is 5.97 Å². The van der Waals surface area contributed by atoms with Crippen molar-refractivity contribution in [3.05, 3.63) is 34.4 Å². The van der Waals surface area contributed by atoms with Gasteiger partial charge in [0.05, 0.1) is 11.1 Å². The van der Waals surface area contributed by atoms with Gasteiger partial charge in [-0.1, -0.05) is 12.1 Å². The third-order valence-electron chi connectivity index (χ3n) is 2.19. The number of carbonyl (C=O) groups is 2. The average molecular weight is 208 g/mol. The van der Waals surface area contributed by atoms with Crippen molar-refractivity contribution in [3.63, 3.8) is 0 Å². The minimum Gasteiger partial charge on any atom is -0.478 e. The molecule has 0 aliphatic carbocycles. The fraction of sp³-hybridized carbons (Fsp3) is 0.200. The molecule has 0 saturated carbocycles. The number of nitrogens with two attached hydrogens (primary N) is 1. The Kier molecular flexibility index (Phi) is 3.06. The molecule has 1 aromatic rings. The zero-order valence-electron chi connectivity index (χ0n) is 8.50. The van der Waals surface area contributed by atoms with Crippen LogP contribution < -0.4 is 11.3 Å². The molecule has 1 rings (SSSR count). The molecular formula is C10H12N2O3. The van der Waals surface area contributed by atoms with Gasteiger partial charge in [-0.3, -0.25) is 10.2 Å². The molecule has 1 amide bonds. The molecule has 0 saturated heterocycles. The molecule has 15 heavy (non-hydrogen) atoms. The van der Waals surface area contributed by atoms with Gasteiger partial charge in [-0.25, -0.2) is 10.6 Å². The number of hydrogen-bond donors (Lipinski definition) is 3. The Labute approximate surface area is 86.9 Å². The summed E-state index contributed by atoms with van der Waals surface area (Å²) >= 11 is 0. The largest absolute Gasteiger partial charge is 0.478 e. The summed E-state index contributed by atoms with van der Waals surface area (Å²) in [6.07, 6.45) is 0. The maximum atomic E-state index is 11.4. The number of carboxylic acid groups (broad SMARTS) is 1. The number of carboxylic acids is 1. The van der Waals surface area contributed by atoms with Crippen molar-refractivity contribution in [2.75, 3.05) is 0 Å². The standard InChI is InChI=1S/C10H12N2O3/c1-5-3-4-6(2)8(10(14)15)7(5)9(13)12-11/h3-4H,11H2,1-2H3,(H,12,13)(H,14,15). The molecule has 5 heteroatoms. The van der Waals surface area contributed by atoms with E-state index in [1.165, 1.54) is 0 Å². The Hall–Kier alpha value is -1.88. The van der Waals surface area contributed by atoms with E-state index >= 15 is 0 Å². The maximum Gasteiger partial charge on any atom is 0.336 e. The zero-order valence-corrected chi connectivity index (χ0v) is 8.50. The first-order valence-electron chi connectivity index (χ1n) is 4.33. The van der Waals surface area contributed by atoms with Gasteiger partial charge in [-0.2, -0.15) is 0 Å². The SMILES string of the molecule is Cc1ccc(C)c(C(=O)NN)c1C(=O)O. The van der Waals surface area contributed by atoms with Crippen LogP contribution in [-0.2, 0) is 0 Å². The molecule has 4 N–H and O–H groups in total.